The fraction of sp³-hybridized carbons (Fsp3) is 0.353. The van der Waals surface area contributed by atoms with E-state index in [-0.39, 0.29) is 5.82 Å². The molecule has 0 radical (unpaired) electrons. The Kier molecular flexibility index (Phi) is 5.00. The molecule has 1 aromatic carbocycles. The number of nitrogens with zero attached hydrogens (tertiary/aromatic N) is 1. The number of halogens is 2. The molecule has 1 aliphatic rings. The van der Waals surface area contributed by atoms with Crippen LogP contribution in [0.4, 0.5) is 4.39 Å². The Hall–Kier alpha value is -1.82. The lowest BCUT2D eigenvalue weighted by Gasteiger charge is -2.37. The monoisotopic (exact) mass is 379 g/mol. The van der Waals surface area contributed by atoms with Gasteiger partial charge in [0.25, 0.3) is 0 Å². The molecule has 0 amide bonds. The van der Waals surface area contributed by atoms with E-state index in [4.69, 9.17) is 4.42 Å². The lowest BCUT2D eigenvalue weighted by Crippen LogP contribution is -2.48. The molecule has 0 aliphatic heterocycles. The average Bonchev–Trinajstić information content (AvgIpc) is 3.02. The summed E-state index contributed by atoms with van der Waals surface area (Å²) < 4.78 is 19.1. The molecule has 23 heavy (non-hydrogen) atoms. The van der Waals surface area contributed by atoms with Crippen molar-refractivity contribution >= 4 is 21.9 Å². The molecule has 1 saturated carbocycles. The molecule has 0 unspecified atom stereocenters. The second-order valence-electron chi connectivity index (χ2n) is 5.69. The zero-order valence-electron chi connectivity index (χ0n) is 12.9. The van der Waals surface area contributed by atoms with Crippen LogP contribution in [-0.2, 0) is 6.54 Å². The zero-order chi connectivity index (χ0) is 16.2. The predicted octanol–water partition coefficient (Wildman–Crippen LogP) is 3.79. The Balaban J connectivity index is 1.47. The number of guanidine groups is 1. The molecule has 0 saturated heterocycles. The summed E-state index contributed by atoms with van der Waals surface area (Å²) in [6.45, 7) is 0.605. The van der Waals surface area contributed by atoms with Crippen molar-refractivity contribution in [3.05, 3.63) is 58.2 Å². The predicted molar refractivity (Wildman–Crippen MR) is 91.9 cm³/mol. The van der Waals surface area contributed by atoms with Gasteiger partial charge < -0.3 is 15.1 Å². The third kappa shape index (κ3) is 3.93. The molecule has 122 valence electrons. The minimum Gasteiger partial charge on any atom is -0.467 e. The maximum atomic E-state index is 13.3. The minimum atomic E-state index is -0.217. The SMILES string of the molecule is CN=C(NCc1ccco1)NC1CC(c2ccc(F)c(Br)c2)C1. The molecule has 2 aromatic rings. The maximum Gasteiger partial charge on any atom is 0.191 e. The van der Waals surface area contributed by atoms with Crippen LogP contribution in [0.15, 0.2) is 50.5 Å². The molecule has 3 rings (SSSR count). The number of nitrogens with one attached hydrogen (secondary N) is 2. The first-order valence-corrected chi connectivity index (χ1v) is 8.39. The molecule has 2 N–H and O–H groups in total. The van der Waals surface area contributed by atoms with Gasteiger partial charge in [-0.25, -0.2) is 4.39 Å². The smallest absolute Gasteiger partial charge is 0.191 e. The first-order chi connectivity index (χ1) is 11.2. The van der Waals surface area contributed by atoms with Crippen LogP contribution in [0.25, 0.3) is 0 Å². The van der Waals surface area contributed by atoms with Gasteiger partial charge >= 0.3 is 0 Å². The van der Waals surface area contributed by atoms with Crippen molar-refractivity contribution in [2.45, 2.75) is 31.3 Å². The molecule has 1 aromatic heterocycles. The van der Waals surface area contributed by atoms with Crippen molar-refractivity contribution in [1.29, 1.82) is 0 Å². The third-order valence-electron chi connectivity index (χ3n) is 4.13. The largest absolute Gasteiger partial charge is 0.467 e. The lowest BCUT2D eigenvalue weighted by molar-refractivity contribution is 0.321. The highest BCUT2D eigenvalue weighted by molar-refractivity contribution is 9.10. The van der Waals surface area contributed by atoms with E-state index >= 15 is 0 Å². The van der Waals surface area contributed by atoms with Gasteiger partial charge in [-0.3, -0.25) is 4.99 Å². The highest BCUT2D eigenvalue weighted by Crippen LogP contribution is 2.38. The van der Waals surface area contributed by atoms with Crippen LogP contribution in [0.1, 0.15) is 30.1 Å². The van der Waals surface area contributed by atoms with Gasteiger partial charge in [-0.15, -0.1) is 0 Å². The van der Waals surface area contributed by atoms with Gasteiger partial charge in [0, 0.05) is 13.1 Å². The van der Waals surface area contributed by atoms with Crippen molar-refractivity contribution in [3.63, 3.8) is 0 Å². The quantitative estimate of drug-likeness (QED) is 0.627. The first-order valence-electron chi connectivity index (χ1n) is 7.60. The standard InChI is InChI=1S/C17H19BrFN3O/c1-20-17(21-10-14-3-2-6-23-14)22-13-7-12(8-13)11-4-5-16(19)15(18)9-11/h2-6,9,12-13H,7-8,10H2,1H3,(H2,20,21,22). The molecular formula is C17H19BrFN3O. The van der Waals surface area contributed by atoms with Gasteiger partial charge in [-0.1, -0.05) is 6.07 Å². The van der Waals surface area contributed by atoms with Crippen LogP contribution in [0.3, 0.4) is 0 Å². The second kappa shape index (κ2) is 7.17. The van der Waals surface area contributed by atoms with E-state index < -0.39 is 0 Å². The van der Waals surface area contributed by atoms with Crippen LogP contribution < -0.4 is 10.6 Å². The van der Waals surface area contributed by atoms with E-state index in [0.717, 1.165) is 24.6 Å². The van der Waals surface area contributed by atoms with Crippen LogP contribution in [0.5, 0.6) is 0 Å². The molecule has 0 bridgehead atoms. The van der Waals surface area contributed by atoms with Crippen molar-refractivity contribution in [1.82, 2.24) is 10.6 Å². The van der Waals surface area contributed by atoms with Crippen molar-refractivity contribution in [2.24, 2.45) is 4.99 Å². The molecular weight excluding hydrogens is 361 g/mol. The Bertz CT molecular complexity index is 681. The molecule has 1 heterocycles. The second-order valence-corrected chi connectivity index (χ2v) is 6.54. The summed E-state index contributed by atoms with van der Waals surface area (Å²) >= 11 is 3.25. The molecule has 0 atom stereocenters. The van der Waals surface area contributed by atoms with Gasteiger partial charge in [-0.05, 0) is 64.5 Å². The van der Waals surface area contributed by atoms with E-state index in [2.05, 4.69) is 31.6 Å². The molecule has 6 heteroatoms. The van der Waals surface area contributed by atoms with Gasteiger partial charge in [0.1, 0.15) is 11.6 Å². The number of rotatable bonds is 4. The maximum absolute atomic E-state index is 13.3. The summed E-state index contributed by atoms with van der Waals surface area (Å²) in [6.07, 6.45) is 3.68. The van der Waals surface area contributed by atoms with E-state index in [1.54, 1.807) is 13.3 Å². The average molecular weight is 380 g/mol. The summed E-state index contributed by atoms with van der Waals surface area (Å²) in [4.78, 5) is 4.23. The summed E-state index contributed by atoms with van der Waals surface area (Å²) in [5.41, 5.74) is 1.18. The van der Waals surface area contributed by atoms with E-state index in [1.165, 1.54) is 11.6 Å². The molecule has 1 aliphatic carbocycles. The van der Waals surface area contributed by atoms with Crippen molar-refractivity contribution in [3.8, 4) is 0 Å². The Labute approximate surface area is 143 Å². The van der Waals surface area contributed by atoms with Gasteiger partial charge in [-0.2, -0.15) is 0 Å². The first kappa shape index (κ1) is 16.1. The van der Waals surface area contributed by atoms with E-state index in [9.17, 15) is 4.39 Å². The van der Waals surface area contributed by atoms with Gasteiger partial charge in [0.15, 0.2) is 5.96 Å². The number of aliphatic imine (C=N–C) groups is 1. The summed E-state index contributed by atoms with van der Waals surface area (Å²) in [5.74, 6) is 1.89. The van der Waals surface area contributed by atoms with Crippen molar-refractivity contribution in [2.75, 3.05) is 7.05 Å². The molecule has 0 spiro atoms. The number of furan rings is 1. The summed E-state index contributed by atoms with van der Waals surface area (Å²) in [5, 5.41) is 6.63. The highest BCUT2D eigenvalue weighted by atomic mass is 79.9. The summed E-state index contributed by atoms with van der Waals surface area (Å²) in [6, 6.07) is 9.43. The molecule has 4 nitrogen and oxygen atoms in total. The fourth-order valence-corrected chi connectivity index (χ4v) is 3.14. The molecule has 1 fully saturated rings. The third-order valence-corrected chi connectivity index (χ3v) is 4.74. The fourth-order valence-electron chi connectivity index (χ4n) is 2.75. The lowest BCUT2D eigenvalue weighted by atomic mass is 9.76. The zero-order valence-corrected chi connectivity index (χ0v) is 14.4. The number of hydrogen-bond acceptors (Lipinski definition) is 2. The van der Waals surface area contributed by atoms with Gasteiger partial charge in [0.2, 0.25) is 0 Å². The van der Waals surface area contributed by atoms with E-state index in [1.807, 2.05) is 24.3 Å². The normalized spacial score (nSPS) is 20.9. The number of hydrogen-bond donors (Lipinski definition) is 2. The Morgan fingerprint density at radius 2 is 2.22 bits per heavy atom. The topological polar surface area (TPSA) is 49.6 Å². The minimum absolute atomic E-state index is 0.217. The van der Waals surface area contributed by atoms with Crippen molar-refractivity contribution < 1.29 is 8.81 Å². The van der Waals surface area contributed by atoms with Crippen LogP contribution in [0.2, 0.25) is 0 Å². The summed E-state index contributed by atoms with van der Waals surface area (Å²) in [7, 11) is 1.75. The van der Waals surface area contributed by atoms with Gasteiger partial charge in [0.05, 0.1) is 17.3 Å². The van der Waals surface area contributed by atoms with E-state index in [0.29, 0.717) is 23.0 Å². The Morgan fingerprint density at radius 3 is 2.87 bits per heavy atom. The highest BCUT2D eigenvalue weighted by Gasteiger charge is 2.31. The van der Waals surface area contributed by atoms with Crippen LogP contribution in [0, 0.1) is 5.82 Å². The van der Waals surface area contributed by atoms with Crippen LogP contribution >= 0.6 is 15.9 Å². The van der Waals surface area contributed by atoms with Crippen LogP contribution in [-0.4, -0.2) is 19.0 Å². The number of benzene rings is 1. The Morgan fingerprint density at radius 1 is 1.39 bits per heavy atom.